The number of ether oxygens (including phenoxy) is 2. The molecule has 0 saturated carbocycles. The maximum Gasteiger partial charge on any atom is 0.308 e. The highest BCUT2D eigenvalue weighted by Crippen LogP contribution is 2.24. The van der Waals surface area contributed by atoms with Crippen molar-refractivity contribution in [3.8, 4) is 0 Å². The monoisotopic (exact) mass is 976 g/mol. The molecule has 2 unspecified atom stereocenters. The molecule has 0 saturated heterocycles. The average Bonchev–Trinajstić information content (AvgIpc) is 3.35. The minimum absolute atomic E-state index is 0.0728. The minimum Gasteiger partial charge on any atom is -0.465 e. The molecule has 0 radical (unpaired) electrons. The molecule has 0 aliphatic carbocycles. The topological polar surface area (TPSA) is 76.1 Å². The van der Waals surface area contributed by atoms with Gasteiger partial charge < -0.3 is 19.5 Å². The van der Waals surface area contributed by atoms with Crippen molar-refractivity contribution in [1.29, 1.82) is 0 Å². The van der Waals surface area contributed by atoms with E-state index in [-0.39, 0.29) is 30.4 Å². The first-order valence-electron chi connectivity index (χ1n) is 31.7. The molecule has 0 aliphatic heterocycles. The van der Waals surface area contributed by atoms with Gasteiger partial charge in [0.05, 0.1) is 25.0 Å². The first-order valence-corrected chi connectivity index (χ1v) is 31.7. The van der Waals surface area contributed by atoms with Crippen LogP contribution in [0.3, 0.4) is 0 Å². The van der Waals surface area contributed by atoms with Crippen LogP contribution in [0.4, 0.5) is 0 Å². The maximum atomic E-state index is 13.3. The highest BCUT2D eigenvalue weighted by atomic mass is 16.5. The smallest absolute Gasteiger partial charge is 0.308 e. The van der Waals surface area contributed by atoms with Crippen molar-refractivity contribution in [2.45, 2.75) is 342 Å². The fraction of sp³-hybridized carbons (Fsp3) is 0.968. The zero-order valence-corrected chi connectivity index (χ0v) is 47.6. The van der Waals surface area contributed by atoms with Crippen molar-refractivity contribution < 1.29 is 24.2 Å². The highest BCUT2D eigenvalue weighted by molar-refractivity contribution is 5.72. The van der Waals surface area contributed by atoms with Crippen LogP contribution in [-0.2, 0) is 19.1 Å². The number of hydrogen-bond donors (Lipinski definition) is 1. The molecule has 0 aromatic heterocycles. The zero-order valence-electron chi connectivity index (χ0n) is 47.6. The van der Waals surface area contributed by atoms with E-state index in [1.54, 1.807) is 0 Å². The van der Waals surface area contributed by atoms with Crippen molar-refractivity contribution in [2.75, 3.05) is 39.5 Å². The van der Waals surface area contributed by atoms with Gasteiger partial charge in [-0.15, -0.1) is 0 Å². The maximum absolute atomic E-state index is 13.3. The van der Waals surface area contributed by atoms with Crippen molar-refractivity contribution in [3.05, 3.63) is 0 Å². The fourth-order valence-corrected chi connectivity index (χ4v) is 10.3. The summed E-state index contributed by atoms with van der Waals surface area (Å²) in [5, 5.41) is 9.44. The molecule has 0 aromatic carbocycles. The number of rotatable bonds is 59. The van der Waals surface area contributed by atoms with Gasteiger partial charge in [-0.2, -0.15) is 0 Å². The average molecular weight is 977 g/mol. The van der Waals surface area contributed by atoms with E-state index in [1.165, 1.54) is 225 Å². The van der Waals surface area contributed by atoms with Crippen LogP contribution >= 0.6 is 0 Å². The molecule has 0 aromatic rings. The van der Waals surface area contributed by atoms with E-state index in [2.05, 4.69) is 32.6 Å². The summed E-state index contributed by atoms with van der Waals surface area (Å²) in [4.78, 5) is 29.2. The lowest BCUT2D eigenvalue weighted by atomic mass is 9.94. The SMILES string of the molecule is CCCCCCCCCCCCC(CCCCCCCCCC)C(=O)OCCCCCCN(CCCCO)CCCCCCOC(=O)C(CCCCCCCCCC)CCCCCCCCCCC. The Labute approximate surface area is 432 Å². The van der Waals surface area contributed by atoms with E-state index in [1.807, 2.05) is 0 Å². The number of esters is 2. The van der Waals surface area contributed by atoms with Gasteiger partial charge in [0, 0.05) is 6.61 Å². The summed E-state index contributed by atoms with van der Waals surface area (Å²) in [5.41, 5.74) is 0. The van der Waals surface area contributed by atoms with E-state index < -0.39 is 0 Å². The summed E-state index contributed by atoms with van der Waals surface area (Å²) in [6.45, 7) is 13.8. The molecule has 412 valence electrons. The van der Waals surface area contributed by atoms with Gasteiger partial charge >= 0.3 is 11.9 Å². The first-order chi connectivity index (χ1) is 34.0. The lowest BCUT2D eigenvalue weighted by Crippen LogP contribution is -2.27. The fourth-order valence-electron chi connectivity index (χ4n) is 10.3. The molecule has 6 nitrogen and oxygen atoms in total. The molecule has 0 spiro atoms. The van der Waals surface area contributed by atoms with Crippen LogP contribution in [-0.4, -0.2) is 61.4 Å². The normalized spacial score (nSPS) is 12.6. The minimum atomic E-state index is 0.0728. The van der Waals surface area contributed by atoms with Crippen molar-refractivity contribution >= 4 is 11.9 Å². The van der Waals surface area contributed by atoms with Crippen LogP contribution in [0.15, 0.2) is 0 Å². The van der Waals surface area contributed by atoms with E-state index in [9.17, 15) is 14.7 Å². The molecule has 1 N–H and O–H groups in total. The third kappa shape index (κ3) is 50.2. The van der Waals surface area contributed by atoms with Gasteiger partial charge in [-0.3, -0.25) is 9.59 Å². The molecular weight excluding hydrogens is 851 g/mol. The van der Waals surface area contributed by atoms with Crippen LogP contribution < -0.4 is 0 Å². The van der Waals surface area contributed by atoms with Gasteiger partial charge in [-0.25, -0.2) is 0 Å². The molecule has 0 heterocycles. The summed E-state index contributed by atoms with van der Waals surface area (Å²) in [5.74, 6) is 0.318. The summed E-state index contributed by atoms with van der Waals surface area (Å²) >= 11 is 0. The Hall–Kier alpha value is -1.14. The summed E-state index contributed by atoms with van der Waals surface area (Å²) < 4.78 is 11.9. The van der Waals surface area contributed by atoms with E-state index >= 15 is 0 Å². The summed E-state index contributed by atoms with van der Waals surface area (Å²) in [7, 11) is 0. The molecule has 0 rings (SSSR count). The Morgan fingerprint density at radius 1 is 0.304 bits per heavy atom. The largest absolute Gasteiger partial charge is 0.465 e. The van der Waals surface area contributed by atoms with Crippen LogP contribution in [0.5, 0.6) is 0 Å². The number of carbonyl (C=O) groups excluding carboxylic acids is 2. The molecular formula is C63H125NO5. The van der Waals surface area contributed by atoms with Gasteiger partial charge in [0.15, 0.2) is 0 Å². The molecule has 0 bridgehead atoms. The Morgan fingerprint density at radius 2 is 0.522 bits per heavy atom. The number of unbranched alkanes of at least 4 members (excludes halogenated alkanes) is 38. The van der Waals surface area contributed by atoms with Gasteiger partial charge in [-0.1, -0.05) is 278 Å². The number of hydrogen-bond acceptors (Lipinski definition) is 6. The van der Waals surface area contributed by atoms with E-state index in [0.29, 0.717) is 13.2 Å². The second-order valence-corrected chi connectivity index (χ2v) is 21.9. The van der Waals surface area contributed by atoms with Gasteiger partial charge in [0.25, 0.3) is 0 Å². The van der Waals surface area contributed by atoms with Gasteiger partial charge in [0.1, 0.15) is 0 Å². The molecule has 6 heteroatoms. The van der Waals surface area contributed by atoms with Crippen molar-refractivity contribution in [1.82, 2.24) is 4.90 Å². The standard InChI is InChI=1S/C63H125NO5/c1-5-9-13-17-21-25-27-31-35-43-53-61(51-41-33-29-24-20-16-12-8-4)63(67)69-59-49-39-37-45-55-64(56-46-47-57-65)54-44-36-38-48-58-68-62(66)60(50-40-32-28-23-19-15-11-7-3)52-42-34-30-26-22-18-14-10-6-2/h60-61,65H,5-59H2,1-4H3. The van der Waals surface area contributed by atoms with Crippen LogP contribution in [0.1, 0.15) is 342 Å². The molecule has 69 heavy (non-hydrogen) atoms. The molecule has 0 aliphatic rings. The number of aliphatic hydroxyl groups is 1. The van der Waals surface area contributed by atoms with Crippen LogP contribution in [0.2, 0.25) is 0 Å². The summed E-state index contributed by atoms with van der Waals surface area (Å²) in [6, 6.07) is 0. The van der Waals surface area contributed by atoms with Crippen LogP contribution in [0, 0.1) is 11.8 Å². The number of carbonyl (C=O) groups is 2. The van der Waals surface area contributed by atoms with E-state index in [0.717, 1.165) is 110 Å². The number of nitrogens with zero attached hydrogens (tertiary/aromatic N) is 1. The lowest BCUT2D eigenvalue weighted by molar-refractivity contribution is -0.150. The second-order valence-electron chi connectivity index (χ2n) is 21.9. The van der Waals surface area contributed by atoms with E-state index in [4.69, 9.17) is 9.47 Å². The predicted molar refractivity (Wildman–Crippen MR) is 301 cm³/mol. The highest BCUT2D eigenvalue weighted by Gasteiger charge is 2.21. The third-order valence-corrected chi connectivity index (χ3v) is 15.1. The zero-order chi connectivity index (χ0) is 50.2. The molecule has 0 fully saturated rings. The molecule has 2 atom stereocenters. The second kappa shape index (κ2) is 57.8. The predicted octanol–water partition coefficient (Wildman–Crippen LogP) is 19.8. The first kappa shape index (κ1) is 67.9. The molecule has 0 amide bonds. The number of aliphatic hydroxyl groups excluding tert-OH is 1. The van der Waals surface area contributed by atoms with Gasteiger partial charge in [-0.05, 0) is 83.8 Å². The summed E-state index contributed by atoms with van der Waals surface area (Å²) in [6.07, 6.45) is 60.8. The lowest BCUT2D eigenvalue weighted by Gasteiger charge is -2.22. The van der Waals surface area contributed by atoms with Gasteiger partial charge in [0.2, 0.25) is 0 Å². The third-order valence-electron chi connectivity index (χ3n) is 15.1. The van der Waals surface area contributed by atoms with Crippen molar-refractivity contribution in [3.63, 3.8) is 0 Å². The Kier molecular flexibility index (Phi) is 56.8. The Morgan fingerprint density at radius 3 is 0.783 bits per heavy atom. The Balaban J connectivity index is 4.57. The van der Waals surface area contributed by atoms with Crippen LogP contribution in [0.25, 0.3) is 0 Å². The Bertz CT molecular complexity index is 1010. The quantitative estimate of drug-likeness (QED) is 0.0483. The van der Waals surface area contributed by atoms with Crippen molar-refractivity contribution in [2.24, 2.45) is 11.8 Å².